The summed E-state index contributed by atoms with van der Waals surface area (Å²) in [6.07, 6.45) is 1.41. The van der Waals surface area contributed by atoms with Gasteiger partial charge in [-0.15, -0.1) is 0 Å². The highest BCUT2D eigenvalue weighted by Gasteiger charge is 2.30. The summed E-state index contributed by atoms with van der Waals surface area (Å²) in [5, 5.41) is 6.32. The first-order valence-corrected chi connectivity index (χ1v) is 11.2. The number of anilines is 3. The molecular formula is C25H30N6O2. The summed E-state index contributed by atoms with van der Waals surface area (Å²) in [4.78, 5) is 26.3. The van der Waals surface area contributed by atoms with Gasteiger partial charge in [-0.1, -0.05) is 42.5 Å². The molecule has 2 N–H and O–H groups in total. The van der Waals surface area contributed by atoms with Gasteiger partial charge in [0.1, 0.15) is 23.2 Å². The van der Waals surface area contributed by atoms with Crippen LogP contribution in [0.25, 0.3) is 0 Å². The van der Waals surface area contributed by atoms with Gasteiger partial charge in [-0.05, 0) is 31.7 Å². The number of fused-ring (bicyclic) bond motifs is 1. The van der Waals surface area contributed by atoms with Gasteiger partial charge in [0.25, 0.3) is 5.91 Å². The van der Waals surface area contributed by atoms with Gasteiger partial charge >= 0.3 is 0 Å². The average molecular weight is 447 g/mol. The zero-order valence-electron chi connectivity index (χ0n) is 19.3. The monoisotopic (exact) mass is 446 g/mol. The maximum Gasteiger partial charge on any atom is 0.263 e. The van der Waals surface area contributed by atoms with Crippen molar-refractivity contribution in [3.63, 3.8) is 0 Å². The fourth-order valence-corrected chi connectivity index (χ4v) is 3.90. The lowest BCUT2D eigenvalue weighted by molar-refractivity contribution is 0.0988. The third-order valence-electron chi connectivity index (χ3n) is 5.59. The SMILES string of the molecule is CCNc1ncc2c(n1)N(C)CCN(c1ccccc1OC(CNC)c1ccccc1)C2=O. The highest BCUT2D eigenvalue weighted by molar-refractivity contribution is 6.10. The molecular weight excluding hydrogens is 416 g/mol. The molecule has 4 rings (SSSR count). The number of aromatic nitrogens is 2. The fraction of sp³-hybridized carbons (Fsp3) is 0.320. The number of hydrogen-bond acceptors (Lipinski definition) is 7. The van der Waals surface area contributed by atoms with E-state index in [2.05, 4.69) is 20.6 Å². The number of nitrogens with zero attached hydrogens (tertiary/aromatic N) is 4. The maximum atomic E-state index is 13.6. The molecule has 1 atom stereocenters. The molecule has 8 heteroatoms. The van der Waals surface area contributed by atoms with Gasteiger partial charge in [0, 0.05) is 39.4 Å². The standard InChI is InChI=1S/C25H30N6O2/c1-4-27-25-28-16-19-23(29-25)30(3)14-15-31(24(19)32)20-12-8-9-13-21(20)33-22(17-26-2)18-10-6-5-7-11-18/h5-13,16,22,26H,4,14-15,17H2,1-3H3,(H,27,28,29). The Balaban J connectivity index is 1.68. The Morgan fingerprint density at radius 3 is 2.61 bits per heavy atom. The van der Waals surface area contributed by atoms with E-state index in [0.717, 1.165) is 11.3 Å². The molecule has 1 aromatic heterocycles. The third kappa shape index (κ3) is 4.90. The van der Waals surface area contributed by atoms with Crippen molar-refractivity contribution < 1.29 is 9.53 Å². The summed E-state index contributed by atoms with van der Waals surface area (Å²) >= 11 is 0. The van der Waals surface area contributed by atoms with Gasteiger partial charge in [-0.3, -0.25) is 4.79 Å². The van der Waals surface area contributed by atoms with E-state index in [-0.39, 0.29) is 12.0 Å². The fourth-order valence-electron chi connectivity index (χ4n) is 3.90. The molecule has 0 spiro atoms. The predicted molar refractivity (Wildman–Crippen MR) is 131 cm³/mol. The van der Waals surface area contributed by atoms with Gasteiger partial charge in [0.2, 0.25) is 5.95 Å². The third-order valence-corrected chi connectivity index (χ3v) is 5.59. The first-order chi connectivity index (χ1) is 16.1. The summed E-state index contributed by atoms with van der Waals surface area (Å²) in [6.45, 7) is 4.47. The molecule has 0 bridgehead atoms. The minimum absolute atomic E-state index is 0.140. The molecule has 0 saturated carbocycles. The van der Waals surface area contributed by atoms with E-state index in [1.807, 2.05) is 80.5 Å². The van der Waals surface area contributed by atoms with Crippen LogP contribution >= 0.6 is 0 Å². The summed E-state index contributed by atoms with van der Waals surface area (Å²) in [7, 11) is 3.84. The number of amides is 1. The number of ether oxygens (including phenoxy) is 1. The number of likely N-dealkylation sites (N-methyl/N-ethyl adjacent to an activating group) is 2. The van der Waals surface area contributed by atoms with Crippen LogP contribution in [-0.4, -0.2) is 56.1 Å². The van der Waals surface area contributed by atoms with Crippen LogP contribution in [0.5, 0.6) is 5.75 Å². The normalized spacial score (nSPS) is 14.5. The first-order valence-electron chi connectivity index (χ1n) is 11.2. The Kier molecular flexibility index (Phi) is 7.04. The van der Waals surface area contributed by atoms with Crippen molar-refractivity contribution in [2.45, 2.75) is 13.0 Å². The molecule has 0 aliphatic carbocycles. The van der Waals surface area contributed by atoms with Crippen molar-refractivity contribution in [3.8, 4) is 5.75 Å². The van der Waals surface area contributed by atoms with Crippen molar-refractivity contribution in [1.29, 1.82) is 0 Å². The number of hydrogen-bond donors (Lipinski definition) is 2. The molecule has 1 aliphatic rings. The van der Waals surface area contributed by atoms with Crippen LogP contribution < -0.4 is 25.2 Å². The smallest absolute Gasteiger partial charge is 0.263 e. The number of benzene rings is 2. The van der Waals surface area contributed by atoms with Crippen LogP contribution in [0.15, 0.2) is 60.8 Å². The molecule has 1 unspecified atom stereocenters. The van der Waals surface area contributed by atoms with Crippen molar-refractivity contribution in [2.75, 3.05) is 55.4 Å². The van der Waals surface area contributed by atoms with Gasteiger partial charge in [-0.2, -0.15) is 4.98 Å². The molecule has 8 nitrogen and oxygen atoms in total. The lowest BCUT2D eigenvalue weighted by Gasteiger charge is -2.26. The highest BCUT2D eigenvalue weighted by Crippen LogP contribution is 2.35. The number of carbonyl (C=O) groups is 1. The predicted octanol–water partition coefficient (Wildman–Crippen LogP) is 3.34. The Hall–Kier alpha value is -3.65. The molecule has 0 fully saturated rings. The van der Waals surface area contributed by atoms with Gasteiger partial charge in [-0.25, -0.2) is 4.98 Å². The van der Waals surface area contributed by atoms with E-state index in [1.165, 1.54) is 0 Å². The maximum absolute atomic E-state index is 13.6. The molecule has 172 valence electrons. The van der Waals surface area contributed by atoms with E-state index in [4.69, 9.17) is 4.74 Å². The zero-order valence-corrected chi connectivity index (χ0v) is 19.3. The summed E-state index contributed by atoms with van der Waals surface area (Å²) in [5.74, 6) is 1.67. The lowest BCUT2D eigenvalue weighted by Crippen LogP contribution is -2.34. The summed E-state index contributed by atoms with van der Waals surface area (Å²) in [5.41, 5.74) is 2.27. The van der Waals surface area contributed by atoms with Crippen LogP contribution in [0, 0.1) is 0 Å². The number of rotatable bonds is 8. The Labute approximate surface area is 194 Å². The quantitative estimate of drug-likeness (QED) is 0.549. The molecule has 0 saturated heterocycles. The van der Waals surface area contributed by atoms with E-state index in [1.54, 1.807) is 11.1 Å². The van der Waals surface area contributed by atoms with E-state index < -0.39 is 0 Å². The van der Waals surface area contributed by atoms with E-state index in [9.17, 15) is 4.79 Å². The molecule has 1 aliphatic heterocycles. The number of carbonyl (C=O) groups excluding carboxylic acids is 1. The van der Waals surface area contributed by atoms with Crippen molar-refractivity contribution in [3.05, 3.63) is 71.9 Å². The minimum atomic E-state index is -0.194. The van der Waals surface area contributed by atoms with Crippen LogP contribution in [0.3, 0.4) is 0 Å². The molecule has 0 radical (unpaired) electrons. The molecule has 1 amide bonds. The van der Waals surface area contributed by atoms with Crippen molar-refractivity contribution in [2.24, 2.45) is 0 Å². The van der Waals surface area contributed by atoms with Gasteiger partial charge < -0.3 is 25.2 Å². The summed E-state index contributed by atoms with van der Waals surface area (Å²) in [6, 6.07) is 17.8. The van der Waals surface area contributed by atoms with Crippen LogP contribution in [-0.2, 0) is 0 Å². The van der Waals surface area contributed by atoms with Crippen molar-refractivity contribution in [1.82, 2.24) is 15.3 Å². The van der Waals surface area contributed by atoms with Gasteiger partial charge in [0.05, 0.1) is 5.69 Å². The Morgan fingerprint density at radius 2 is 1.85 bits per heavy atom. The van der Waals surface area contributed by atoms with Gasteiger partial charge in [0.15, 0.2) is 0 Å². The zero-order chi connectivity index (χ0) is 23.2. The molecule has 3 aromatic rings. The van der Waals surface area contributed by atoms with Crippen LogP contribution in [0.2, 0.25) is 0 Å². The summed E-state index contributed by atoms with van der Waals surface area (Å²) < 4.78 is 6.47. The number of para-hydroxylation sites is 2. The second-order valence-electron chi connectivity index (χ2n) is 7.88. The number of nitrogens with one attached hydrogen (secondary N) is 2. The molecule has 2 aromatic carbocycles. The highest BCUT2D eigenvalue weighted by atomic mass is 16.5. The second kappa shape index (κ2) is 10.3. The Bertz CT molecular complexity index is 1090. The largest absolute Gasteiger partial charge is 0.482 e. The first kappa shape index (κ1) is 22.5. The van der Waals surface area contributed by atoms with Crippen molar-refractivity contribution >= 4 is 23.4 Å². The molecule has 33 heavy (non-hydrogen) atoms. The van der Waals surface area contributed by atoms with Crippen LogP contribution in [0.1, 0.15) is 28.9 Å². The lowest BCUT2D eigenvalue weighted by atomic mass is 10.1. The Morgan fingerprint density at radius 1 is 1.09 bits per heavy atom. The second-order valence-corrected chi connectivity index (χ2v) is 7.88. The minimum Gasteiger partial charge on any atom is -0.482 e. The van der Waals surface area contributed by atoms with Crippen LogP contribution in [0.4, 0.5) is 17.5 Å². The van der Waals surface area contributed by atoms with E-state index in [0.29, 0.717) is 49.3 Å². The average Bonchev–Trinajstić information content (AvgIpc) is 2.96. The topological polar surface area (TPSA) is 82.6 Å². The molecule has 2 heterocycles. The van der Waals surface area contributed by atoms with E-state index >= 15 is 0 Å².